The van der Waals surface area contributed by atoms with Crippen LogP contribution in [0.2, 0.25) is 0 Å². The number of nitrogens with zero attached hydrogens (tertiary/aromatic N) is 3. The van der Waals surface area contributed by atoms with Crippen molar-refractivity contribution < 1.29 is 13.9 Å². The quantitative estimate of drug-likeness (QED) is 0.522. The van der Waals surface area contributed by atoms with Gasteiger partial charge >= 0.3 is 5.97 Å². The minimum atomic E-state index is -0.691. The largest absolute Gasteiger partial charge is 0.448 e. The summed E-state index contributed by atoms with van der Waals surface area (Å²) in [4.78, 5) is 12.4. The van der Waals surface area contributed by atoms with E-state index in [1.54, 1.807) is 13.0 Å². The van der Waals surface area contributed by atoms with Crippen LogP contribution in [0.4, 0.5) is 0 Å². The van der Waals surface area contributed by atoms with Crippen LogP contribution < -0.4 is 0 Å². The SMILES string of the molecule is Cc1ccc(-c2cc(C(=O)OC(C)c3nnc(-c4ccccc4)o3)[nH]n2)cc1. The average Bonchev–Trinajstić information content (AvgIpc) is 3.39. The van der Waals surface area contributed by atoms with Crippen molar-refractivity contribution in [2.24, 2.45) is 0 Å². The van der Waals surface area contributed by atoms with Crippen molar-refractivity contribution in [1.82, 2.24) is 20.4 Å². The first-order valence-electron chi connectivity index (χ1n) is 8.82. The topological polar surface area (TPSA) is 93.9 Å². The lowest BCUT2D eigenvalue weighted by Gasteiger charge is -2.07. The van der Waals surface area contributed by atoms with E-state index in [1.807, 2.05) is 61.5 Å². The fourth-order valence-electron chi connectivity index (χ4n) is 2.67. The zero-order chi connectivity index (χ0) is 19.5. The maximum absolute atomic E-state index is 12.4. The van der Waals surface area contributed by atoms with E-state index >= 15 is 0 Å². The number of ether oxygens (including phenoxy) is 1. The van der Waals surface area contributed by atoms with Gasteiger partial charge in [-0.05, 0) is 32.0 Å². The minimum Gasteiger partial charge on any atom is -0.448 e. The summed E-state index contributed by atoms with van der Waals surface area (Å²) >= 11 is 0. The summed E-state index contributed by atoms with van der Waals surface area (Å²) < 4.78 is 11.1. The van der Waals surface area contributed by atoms with Gasteiger partial charge < -0.3 is 9.15 Å². The minimum absolute atomic E-state index is 0.227. The Balaban J connectivity index is 1.45. The van der Waals surface area contributed by atoms with Gasteiger partial charge in [-0.2, -0.15) is 5.10 Å². The Kier molecular flexibility index (Phi) is 4.72. The molecule has 0 spiro atoms. The maximum atomic E-state index is 12.4. The second-order valence-electron chi connectivity index (χ2n) is 6.39. The van der Waals surface area contributed by atoms with Crippen LogP contribution in [0.25, 0.3) is 22.7 Å². The molecule has 1 N–H and O–H groups in total. The third-order valence-electron chi connectivity index (χ3n) is 4.24. The molecule has 4 aromatic rings. The highest BCUT2D eigenvalue weighted by Gasteiger charge is 2.21. The van der Waals surface area contributed by atoms with E-state index in [-0.39, 0.29) is 11.6 Å². The van der Waals surface area contributed by atoms with Crippen LogP contribution in [-0.4, -0.2) is 26.4 Å². The lowest BCUT2D eigenvalue weighted by atomic mass is 10.1. The third kappa shape index (κ3) is 3.68. The smallest absolute Gasteiger partial charge is 0.357 e. The van der Waals surface area contributed by atoms with Crippen LogP contribution in [0.1, 0.15) is 35.0 Å². The lowest BCUT2D eigenvalue weighted by molar-refractivity contribution is 0.0273. The zero-order valence-electron chi connectivity index (χ0n) is 15.4. The Morgan fingerprint density at radius 3 is 2.54 bits per heavy atom. The molecule has 0 aliphatic carbocycles. The van der Waals surface area contributed by atoms with E-state index in [2.05, 4.69) is 20.4 Å². The maximum Gasteiger partial charge on any atom is 0.357 e. The number of nitrogens with one attached hydrogen (secondary N) is 1. The molecule has 0 aliphatic rings. The molecule has 2 heterocycles. The fraction of sp³-hybridized carbons (Fsp3) is 0.143. The molecule has 28 heavy (non-hydrogen) atoms. The summed E-state index contributed by atoms with van der Waals surface area (Å²) in [6.45, 7) is 3.69. The van der Waals surface area contributed by atoms with E-state index in [1.165, 1.54) is 0 Å². The van der Waals surface area contributed by atoms with Crippen LogP contribution in [0.3, 0.4) is 0 Å². The van der Waals surface area contributed by atoms with E-state index in [4.69, 9.17) is 9.15 Å². The second kappa shape index (κ2) is 7.48. The van der Waals surface area contributed by atoms with Crippen LogP contribution in [0, 0.1) is 6.92 Å². The molecule has 2 aromatic carbocycles. The number of benzene rings is 2. The Bertz CT molecular complexity index is 1080. The van der Waals surface area contributed by atoms with Gasteiger partial charge in [0.25, 0.3) is 5.89 Å². The van der Waals surface area contributed by atoms with Crippen LogP contribution in [0.5, 0.6) is 0 Å². The molecule has 7 heteroatoms. The fourth-order valence-corrected chi connectivity index (χ4v) is 2.67. The first kappa shape index (κ1) is 17.7. The van der Waals surface area contributed by atoms with Crippen LogP contribution in [0.15, 0.2) is 65.1 Å². The van der Waals surface area contributed by atoms with Crippen molar-refractivity contribution in [2.45, 2.75) is 20.0 Å². The number of hydrogen-bond acceptors (Lipinski definition) is 6. The van der Waals surface area contributed by atoms with E-state index < -0.39 is 12.1 Å². The van der Waals surface area contributed by atoms with Crippen molar-refractivity contribution in [1.29, 1.82) is 0 Å². The molecular formula is C21H18N4O3. The Hall–Kier alpha value is -3.74. The molecule has 0 fully saturated rings. The summed E-state index contributed by atoms with van der Waals surface area (Å²) in [7, 11) is 0. The number of carbonyl (C=O) groups is 1. The highest BCUT2D eigenvalue weighted by atomic mass is 16.6. The molecule has 4 rings (SSSR count). The number of aromatic nitrogens is 4. The highest BCUT2D eigenvalue weighted by molar-refractivity contribution is 5.88. The van der Waals surface area contributed by atoms with Crippen molar-refractivity contribution in [3.8, 4) is 22.7 Å². The van der Waals surface area contributed by atoms with Gasteiger partial charge in [-0.25, -0.2) is 4.79 Å². The Morgan fingerprint density at radius 1 is 1.04 bits per heavy atom. The summed E-state index contributed by atoms with van der Waals surface area (Å²) in [5.41, 5.74) is 3.80. The standard InChI is InChI=1S/C21H18N4O3/c1-13-8-10-15(11-9-13)17-12-18(23-22-17)21(26)27-14(2)19-24-25-20(28-19)16-6-4-3-5-7-16/h3-12,14H,1-2H3,(H,22,23). The Labute approximate surface area is 161 Å². The predicted octanol–water partition coefficient (Wildman–Crippen LogP) is 4.35. The number of rotatable bonds is 5. The summed E-state index contributed by atoms with van der Waals surface area (Å²) in [6, 6.07) is 18.9. The highest BCUT2D eigenvalue weighted by Crippen LogP contribution is 2.24. The Morgan fingerprint density at radius 2 is 1.79 bits per heavy atom. The third-order valence-corrected chi connectivity index (χ3v) is 4.24. The molecule has 2 aromatic heterocycles. The van der Waals surface area contributed by atoms with Gasteiger partial charge in [0.1, 0.15) is 5.69 Å². The van der Waals surface area contributed by atoms with Crippen molar-refractivity contribution in [3.63, 3.8) is 0 Å². The van der Waals surface area contributed by atoms with E-state index in [9.17, 15) is 4.79 Å². The molecule has 0 saturated heterocycles. The molecule has 0 bridgehead atoms. The molecule has 1 atom stereocenters. The van der Waals surface area contributed by atoms with Gasteiger partial charge in [0.05, 0.1) is 5.69 Å². The molecule has 0 aliphatic heterocycles. The summed E-state index contributed by atoms with van der Waals surface area (Å²) in [5, 5.41) is 14.9. The molecular weight excluding hydrogens is 356 g/mol. The number of H-pyrrole nitrogens is 1. The number of aryl methyl sites for hydroxylation is 1. The van der Waals surface area contributed by atoms with Gasteiger partial charge in [0.15, 0.2) is 6.10 Å². The number of carbonyl (C=O) groups excluding carboxylic acids is 1. The first-order valence-corrected chi connectivity index (χ1v) is 8.82. The summed E-state index contributed by atoms with van der Waals surface area (Å²) in [6.07, 6.45) is -0.691. The molecule has 1 unspecified atom stereocenters. The monoisotopic (exact) mass is 374 g/mol. The van der Waals surface area contributed by atoms with Crippen LogP contribution in [-0.2, 0) is 4.74 Å². The lowest BCUT2D eigenvalue weighted by Crippen LogP contribution is -2.10. The summed E-state index contributed by atoms with van der Waals surface area (Å²) in [5.74, 6) is 0.0602. The van der Waals surface area contributed by atoms with Crippen molar-refractivity contribution >= 4 is 5.97 Å². The van der Waals surface area contributed by atoms with Crippen LogP contribution >= 0.6 is 0 Å². The molecule has 0 amide bonds. The van der Waals surface area contributed by atoms with Gasteiger partial charge in [-0.15, -0.1) is 10.2 Å². The van der Waals surface area contributed by atoms with E-state index in [0.717, 1.165) is 16.7 Å². The molecule has 0 saturated carbocycles. The second-order valence-corrected chi connectivity index (χ2v) is 6.39. The number of hydrogen-bond donors (Lipinski definition) is 1. The van der Waals surface area contributed by atoms with Crippen molar-refractivity contribution in [2.75, 3.05) is 0 Å². The van der Waals surface area contributed by atoms with Crippen molar-refractivity contribution in [3.05, 3.63) is 77.8 Å². The zero-order valence-corrected chi connectivity index (χ0v) is 15.4. The number of aromatic amines is 1. The van der Waals surface area contributed by atoms with E-state index in [0.29, 0.717) is 11.6 Å². The molecule has 140 valence electrons. The number of esters is 1. The van der Waals surface area contributed by atoms with Gasteiger partial charge in [0.2, 0.25) is 5.89 Å². The van der Waals surface area contributed by atoms with Gasteiger partial charge in [-0.3, -0.25) is 5.10 Å². The average molecular weight is 374 g/mol. The molecule has 7 nitrogen and oxygen atoms in total. The normalized spacial score (nSPS) is 11.9. The van der Waals surface area contributed by atoms with Gasteiger partial charge in [0, 0.05) is 11.1 Å². The molecule has 0 radical (unpaired) electrons. The first-order chi connectivity index (χ1) is 13.6. The predicted molar refractivity (Wildman–Crippen MR) is 102 cm³/mol. The van der Waals surface area contributed by atoms with Gasteiger partial charge in [-0.1, -0.05) is 48.0 Å².